The van der Waals surface area contributed by atoms with E-state index in [2.05, 4.69) is 25.5 Å². The van der Waals surface area contributed by atoms with Crippen LogP contribution in [0.2, 0.25) is 0 Å². The molecule has 2 N–H and O–H groups in total. The van der Waals surface area contributed by atoms with Crippen LogP contribution in [0.3, 0.4) is 0 Å². The lowest BCUT2D eigenvalue weighted by molar-refractivity contribution is -0.113. The monoisotopic (exact) mass is 383 g/mol. The molecule has 9 nitrogen and oxygen atoms in total. The van der Waals surface area contributed by atoms with Crippen LogP contribution >= 0.6 is 23.1 Å². The van der Waals surface area contributed by atoms with Crippen molar-refractivity contribution < 1.29 is 19.1 Å². The van der Waals surface area contributed by atoms with Crippen LogP contribution in [0.1, 0.15) is 41.4 Å². The Labute approximate surface area is 151 Å². The third-order valence-corrected chi connectivity index (χ3v) is 5.10. The Balaban J connectivity index is 1.47. The Morgan fingerprint density at radius 3 is 3.16 bits per heavy atom. The number of rotatable bonds is 7. The lowest BCUT2D eigenvalue weighted by Gasteiger charge is -2.02. The molecule has 3 heterocycles. The third-order valence-electron chi connectivity index (χ3n) is 3.28. The van der Waals surface area contributed by atoms with Crippen molar-refractivity contribution in [1.29, 1.82) is 0 Å². The number of aromatic amines is 1. The Kier molecular flexibility index (Phi) is 6.00. The van der Waals surface area contributed by atoms with E-state index in [9.17, 15) is 9.59 Å². The van der Waals surface area contributed by atoms with Crippen molar-refractivity contribution in [2.75, 3.05) is 24.3 Å². The molecule has 1 fully saturated rings. The number of anilines is 1. The third kappa shape index (κ3) is 4.77. The molecule has 1 aliphatic rings. The van der Waals surface area contributed by atoms with Crippen molar-refractivity contribution in [1.82, 2.24) is 20.2 Å². The first-order valence-corrected chi connectivity index (χ1v) is 9.55. The summed E-state index contributed by atoms with van der Waals surface area (Å²) in [4.78, 5) is 30.4. The molecule has 25 heavy (non-hydrogen) atoms. The Bertz CT molecular complexity index is 741. The van der Waals surface area contributed by atoms with Crippen LogP contribution in [0.15, 0.2) is 11.4 Å². The predicted molar refractivity (Wildman–Crippen MR) is 91.7 cm³/mol. The van der Waals surface area contributed by atoms with E-state index in [0.29, 0.717) is 16.9 Å². The summed E-state index contributed by atoms with van der Waals surface area (Å²) in [5, 5.41) is 12.4. The van der Waals surface area contributed by atoms with Gasteiger partial charge in [-0.05, 0) is 19.8 Å². The van der Waals surface area contributed by atoms with Gasteiger partial charge in [-0.25, -0.2) is 9.78 Å². The lowest BCUT2D eigenvalue weighted by atomic mass is 10.2. The number of nitrogens with one attached hydrogen (secondary N) is 2. The predicted octanol–water partition coefficient (Wildman–Crippen LogP) is 2.02. The normalized spacial score (nSPS) is 16.8. The topological polar surface area (TPSA) is 119 Å². The molecule has 2 aromatic heterocycles. The van der Waals surface area contributed by atoms with Crippen molar-refractivity contribution in [3.63, 3.8) is 0 Å². The van der Waals surface area contributed by atoms with E-state index in [1.54, 1.807) is 6.92 Å². The van der Waals surface area contributed by atoms with E-state index in [4.69, 9.17) is 9.47 Å². The van der Waals surface area contributed by atoms with Gasteiger partial charge in [0.2, 0.25) is 11.0 Å². The van der Waals surface area contributed by atoms with Gasteiger partial charge in [0, 0.05) is 6.61 Å². The second kappa shape index (κ2) is 8.41. The summed E-state index contributed by atoms with van der Waals surface area (Å²) in [5.41, 5.74) is 0.259. The number of hydrogen-bond donors (Lipinski definition) is 2. The summed E-state index contributed by atoms with van der Waals surface area (Å²) in [6, 6.07) is 0. The zero-order valence-corrected chi connectivity index (χ0v) is 15.1. The number of thioether (sulfide) groups is 1. The molecule has 134 valence electrons. The summed E-state index contributed by atoms with van der Waals surface area (Å²) in [6.07, 6.45) is 3.32. The summed E-state index contributed by atoms with van der Waals surface area (Å²) >= 11 is 2.50. The van der Waals surface area contributed by atoms with Crippen molar-refractivity contribution in [3.05, 3.63) is 16.9 Å². The van der Waals surface area contributed by atoms with Crippen LogP contribution in [0.25, 0.3) is 0 Å². The van der Waals surface area contributed by atoms with Crippen LogP contribution in [-0.2, 0) is 14.3 Å². The highest BCUT2D eigenvalue weighted by Gasteiger charge is 2.22. The average Bonchev–Trinajstić information content (AvgIpc) is 3.34. The van der Waals surface area contributed by atoms with Gasteiger partial charge in [0.25, 0.3) is 0 Å². The Hall–Kier alpha value is -1.98. The highest BCUT2D eigenvalue weighted by molar-refractivity contribution is 7.99. The highest BCUT2D eigenvalue weighted by atomic mass is 32.2. The number of carbonyl (C=O) groups excluding carboxylic acids is 2. The van der Waals surface area contributed by atoms with E-state index in [-0.39, 0.29) is 23.5 Å². The van der Waals surface area contributed by atoms with Crippen LogP contribution in [-0.4, -0.2) is 51.0 Å². The van der Waals surface area contributed by atoms with Gasteiger partial charge >= 0.3 is 5.97 Å². The number of esters is 1. The van der Waals surface area contributed by atoms with Crippen LogP contribution in [0.5, 0.6) is 0 Å². The Morgan fingerprint density at radius 1 is 1.52 bits per heavy atom. The van der Waals surface area contributed by atoms with Crippen molar-refractivity contribution in [2.24, 2.45) is 0 Å². The SMILES string of the molecule is CCOC(=O)c1cnc(SCC(=O)Nc2nnc(C3CCCO3)s2)[nH]1. The van der Waals surface area contributed by atoms with Crippen molar-refractivity contribution in [3.8, 4) is 0 Å². The van der Waals surface area contributed by atoms with Gasteiger partial charge in [-0.2, -0.15) is 0 Å². The second-order valence-electron chi connectivity index (χ2n) is 5.11. The number of ether oxygens (including phenoxy) is 2. The standard InChI is InChI=1S/C14H17N5O4S2/c1-2-22-12(21)8-6-15-13(16-8)24-7-10(20)17-14-19-18-11(25-14)9-4-3-5-23-9/h6,9H,2-5,7H2,1H3,(H,15,16)(H,17,19,20). The number of H-pyrrole nitrogens is 1. The zero-order valence-electron chi connectivity index (χ0n) is 13.5. The first-order chi connectivity index (χ1) is 12.2. The number of amides is 1. The molecule has 1 aliphatic heterocycles. The summed E-state index contributed by atoms with van der Waals surface area (Å²) in [6.45, 7) is 2.75. The van der Waals surface area contributed by atoms with Gasteiger partial charge in [0.15, 0.2) is 5.16 Å². The van der Waals surface area contributed by atoms with E-state index in [0.717, 1.165) is 24.5 Å². The van der Waals surface area contributed by atoms with E-state index in [1.807, 2.05) is 0 Å². The maximum absolute atomic E-state index is 12.0. The maximum atomic E-state index is 12.0. The Morgan fingerprint density at radius 2 is 2.40 bits per heavy atom. The van der Waals surface area contributed by atoms with Gasteiger partial charge in [0.1, 0.15) is 16.8 Å². The molecule has 0 radical (unpaired) electrons. The zero-order chi connectivity index (χ0) is 17.6. The van der Waals surface area contributed by atoms with Gasteiger partial charge in [-0.15, -0.1) is 10.2 Å². The quantitative estimate of drug-likeness (QED) is 0.550. The molecule has 0 aromatic carbocycles. The molecule has 1 saturated heterocycles. The molecule has 0 saturated carbocycles. The maximum Gasteiger partial charge on any atom is 0.356 e. The fraction of sp³-hybridized carbons (Fsp3) is 0.500. The fourth-order valence-corrected chi connectivity index (χ4v) is 3.66. The molecule has 1 amide bonds. The minimum atomic E-state index is -0.471. The van der Waals surface area contributed by atoms with Gasteiger partial charge in [-0.1, -0.05) is 23.1 Å². The summed E-state index contributed by atoms with van der Waals surface area (Å²) < 4.78 is 10.4. The number of carbonyl (C=O) groups is 2. The molecule has 0 bridgehead atoms. The van der Waals surface area contributed by atoms with Gasteiger partial charge < -0.3 is 14.5 Å². The molecule has 0 spiro atoms. The van der Waals surface area contributed by atoms with Crippen LogP contribution in [0, 0.1) is 0 Å². The van der Waals surface area contributed by atoms with Crippen LogP contribution in [0.4, 0.5) is 5.13 Å². The molecular formula is C14H17N5O4S2. The number of imidazole rings is 1. The molecule has 1 atom stereocenters. The average molecular weight is 383 g/mol. The number of aromatic nitrogens is 4. The minimum absolute atomic E-state index is 0.0121. The van der Waals surface area contributed by atoms with E-state index >= 15 is 0 Å². The van der Waals surface area contributed by atoms with Crippen LogP contribution < -0.4 is 5.32 Å². The smallest absolute Gasteiger partial charge is 0.356 e. The first kappa shape index (κ1) is 17.8. The molecule has 2 aromatic rings. The summed E-state index contributed by atoms with van der Waals surface area (Å²) in [5.74, 6) is -0.569. The molecule has 11 heteroatoms. The number of hydrogen-bond acceptors (Lipinski definition) is 9. The van der Waals surface area contributed by atoms with Crippen molar-refractivity contribution in [2.45, 2.75) is 31.0 Å². The highest BCUT2D eigenvalue weighted by Crippen LogP contribution is 2.31. The van der Waals surface area contributed by atoms with Crippen molar-refractivity contribution >= 4 is 40.1 Å². The largest absolute Gasteiger partial charge is 0.461 e. The first-order valence-electron chi connectivity index (χ1n) is 7.75. The van der Waals surface area contributed by atoms with Gasteiger partial charge in [-0.3, -0.25) is 10.1 Å². The molecular weight excluding hydrogens is 366 g/mol. The molecule has 1 unspecified atom stereocenters. The van der Waals surface area contributed by atoms with E-state index in [1.165, 1.54) is 29.3 Å². The molecule has 0 aliphatic carbocycles. The van der Waals surface area contributed by atoms with E-state index < -0.39 is 5.97 Å². The van der Waals surface area contributed by atoms with Gasteiger partial charge in [0.05, 0.1) is 18.6 Å². The lowest BCUT2D eigenvalue weighted by Crippen LogP contribution is -2.14. The fourth-order valence-electron chi connectivity index (χ4n) is 2.17. The molecule has 3 rings (SSSR count). The minimum Gasteiger partial charge on any atom is -0.461 e. The second-order valence-corrected chi connectivity index (χ2v) is 7.08. The summed E-state index contributed by atoms with van der Waals surface area (Å²) in [7, 11) is 0. The number of nitrogens with zero attached hydrogens (tertiary/aromatic N) is 3.